The lowest BCUT2D eigenvalue weighted by atomic mass is 9.91. The zero-order chi connectivity index (χ0) is 24.1. The molecule has 3 aromatic rings. The molecule has 2 N–H and O–H groups in total. The van der Waals surface area contributed by atoms with Crippen LogP contribution in [0.5, 0.6) is 0 Å². The van der Waals surface area contributed by atoms with Gasteiger partial charge in [-0.25, -0.2) is 9.67 Å². The molecule has 3 heterocycles. The predicted octanol–water partition coefficient (Wildman–Crippen LogP) is 3.11. The average Bonchev–Trinajstić information content (AvgIpc) is 3.34. The molecule has 180 valence electrons. The Hall–Kier alpha value is -3.56. The highest BCUT2D eigenvalue weighted by Gasteiger charge is 2.31. The van der Waals surface area contributed by atoms with E-state index in [0.717, 1.165) is 55.3 Å². The third-order valence-corrected chi connectivity index (χ3v) is 6.50. The molecule has 3 aromatic heterocycles. The molecular formula is C24H32N8O2. The lowest BCUT2D eigenvalue weighted by molar-refractivity contribution is -0.119. The number of nitrogens with zero attached hydrogens (tertiary/aromatic N) is 6. The smallest absolute Gasteiger partial charge is 0.271 e. The fourth-order valence-corrected chi connectivity index (χ4v) is 4.70. The normalized spacial score (nSPS) is 15.5. The van der Waals surface area contributed by atoms with Crippen molar-refractivity contribution in [2.24, 2.45) is 13.0 Å². The highest BCUT2D eigenvalue weighted by Crippen LogP contribution is 2.27. The molecule has 0 spiro atoms. The maximum absolute atomic E-state index is 13.4. The molecule has 34 heavy (non-hydrogen) atoms. The fraction of sp³-hybridized carbons (Fsp3) is 0.500. The third-order valence-electron chi connectivity index (χ3n) is 6.50. The summed E-state index contributed by atoms with van der Waals surface area (Å²) in [7, 11) is 1.89. The number of aryl methyl sites for hydroxylation is 3. The average molecular weight is 465 g/mol. The van der Waals surface area contributed by atoms with Crippen LogP contribution in [0.2, 0.25) is 0 Å². The van der Waals surface area contributed by atoms with Crippen LogP contribution >= 0.6 is 0 Å². The molecule has 1 saturated carbocycles. The van der Waals surface area contributed by atoms with E-state index >= 15 is 0 Å². The minimum atomic E-state index is -0.661. The van der Waals surface area contributed by atoms with Crippen molar-refractivity contribution in [3.8, 4) is 11.3 Å². The van der Waals surface area contributed by atoms with Gasteiger partial charge in [-0.1, -0.05) is 30.9 Å². The largest absolute Gasteiger partial charge is 0.339 e. The second-order valence-electron chi connectivity index (χ2n) is 8.86. The van der Waals surface area contributed by atoms with Crippen LogP contribution in [0, 0.1) is 12.8 Å². The topological polar surface area (TPSA) is 120 Å². The highest BCUT2D eigenvalue weighted by atomic mass is 16.2. The van der Waals surface area contributed by atoms with Gasteiger partial charge >= 0.3 is 0 Å². The molecule has 2 amide bonds. The highest BCUT2D eigenvalue weighted by molar-refractivity contribution is 6.00. The van der Waals surface area contributed by atoms with Crippen molar-refractivity contribution in [1.82, 2.24) is 35.1 Å². The van der Waals surface area contributed by atoms with Crippen molar-refractivity contribution >= 4 is 17.6 Å². The number of anilines is 1. The zero-order valence-electron chi connectivity index (χ0n) is 20.0. The van der Waals surface area contributed by atoms with Gasteiger partial charge in [-0.2, -0.15) is 5.10 Å². The summed E-state index contributed by atoms with van der Waals surface area (Å²) < 4.78 is 3.33. The SMILES string of the molecule is CCn1nncc1C(=O)NC(C(=O)Nc1ccc(-c2c(C)cnn2C)cn1)C1CCCCCC1. The minimum absolute atomic E-state index is 0.0637. The van der Waals surface area contributed by atoms with E-state index in [2.05, 4.69) is 31.0 Å². The van der Waals surface area contributed by atoms with E-state index in [1.54, 1.807) is 16.9 Å². The summed E-state index contributed by atoms with van der Waals surface area (Å²) in [5.41, 5.74) is 3.31. The van der Waals surface area contributed by atoms with Gasteiger partial charge in [0.15, 0.2) is 0 Å². The lowest BCUT2D eigenvalue weighted by Gasteiger charge is -2.26. The first-order chi connectivity index (χ1) is 16.5. The molecule has 0 aliphatic heterocycles. The van der Waals surface area contributed by atoms with Crippen LogP contribution in [0.3, 0.4) is 0 Å². The van der Waals surface area contributed by atoms with E-state index in [-0.39, 0.29) is 17.7 Å². The van der Waals surface area contributed by atoms with E-state index in [0.29, 0.717) is 18.1 Å². The van der Waals surface area contributed by atoms with Crippen molar-refractivity contribution in [2.45, 2.75) is 65.0 Å². The number of rotatable bonds is 7. The number of aromatic nitrogens is 6. The first-order valence-electron chi connectivity index (χ1n) is 11.9. The fourth-order valence-electron chi connectivity index (χ4n) is 4.70. The molecule has 1 aliphatic carbocycles. The Balaban J connectivity index is 1.52. The summed E-state index contributed by atoms with van der Waals surface area (Å²) in [5.74, 6) is -0.0885. The van der Waals surface area contributed by atoms with Crippen LogP contribution in [-0.2, 0) is 18.4 Å². The van der Waals surface area contributed by atoms with Crippen molar-refractivity contribution in [3.05, 3.63) is 42.0 Å². The van der Waals surface area contributed by atoms with E-state index in [9.17, 15) is 9.59 Å². The number of nitrogens with one attached hydrogen (secondary N) is 2. The molecule has 0 saturated heterocycles. The van der Waals surface area contributed by atoms with Gasteiger partial charge < -0.3 is 10.6 Å². The number of carbonyl (C=O) groups is 2. The molecule has 0 radical (unpaired) electrons. The standard InChI is InChI=1S/C24H32N8O2/c1-4-32-19(15-26-30-32)23(33)29-21(17-9-7-5-6-8-10-17)24(34)28-20-12-11-18(14-25-20)22-16(2)13-27-31(22)3/h11-15,17,21H,4-10H2,1-3H3,(H,29,33)(H,25,28,34). The zero-order valence-corrected chi connectivity index (χ0v) is 20.0. The number of hydrogen-bond donors (Lipinski definition) is 2. The van der Waals surface area contributed by atoms with Crippen molar-refractivity contribution < 1.29 is 9.59 Å². The summed E-state index contributed by atoms with van der Waals surface area (Å²) in [6, 6.07) is 3.03. The van der Waals surface area contributed by atoms with Gasteiger partial charge in [0.25, 0.3) is 5.91 Å². The maximum atomic E-state index is 13.4. The van der Waals surface area contributed by atoms with E-state index in [4.69, 9.17) is 0 Å². The molecule has 1 atom stereocenters. The minimum Gasteiger partial charge on any atom is -0.339 e. The van der Waals surface area contributed by atoms with Crippen LogP contribution in [0.15, 0.2) is 30.7 Å². The Morgan fingerprint density at radius 2 is 1.88 bits per heavy atom. The predicted molar refractivity (Wildman–Crippen MR) is 128 cm³/mol. The van der Waals surface area contributed by atoms with E-state index in [1.165, 1.54) is 10.9 Å². The monoisotopic (exact) mass is 464 g/mol. The second kappa shape index (κ2) is 10.6. The van der Waals surface area contributed by atoms with Crippen LogP contribution < -0.4 is 10.6 Å². The van der Waals surface area contributed by atoms with Crippen molar-refractivity contribution in [3.63, 3.8) is 0 Å². The molecule has 0 bridgehead atoms. The molecular weight excluding hydrogens is 432 g/mol. The summed E-state index contributed by atoms with van der Waals surface area (Å²) in [4.78, 5) is 30.8. The van der Waals surface area contributed by atoms with Gasteiger partial charge in [0.2, 0.25) is 5.91 Å². The van der Waals surface area contributed by atoms with Gasteiger partial charge in [0.05, 0.1) is 18.1 Å². The number of hydrogen-bond acceptors (Lipinski definition) is 6. The Kier molecular flexibility index (Phi) is 7.34. The van der Waals surface area contributed by atoms with Gasteiger partial charge in [-0.3, -0.25) is 14.3 Å². The number of amides is 2. The van der Waals surface area contributed by atoms with Crippen LogP contribution in [-0.4, -0.2) is 47.6 Å². The van der Waals surface area contributed by atoms with Crippen LogP contribution in [0.25, 0.3) is 11.3 Å². The van der Waals surface area contributed by atoms with Gasteiger partial charge in [-0.15, -0.1) is 5.10 Å². The summed E-state index contributed by atoms with van der Waals surface area (Å²) in [5, 5.41) is 17.9. The van der Waals surface area contributed by atoms with E-state index in [1.807, 2.05) is 33.2 Å². The molecule has 1 unspecified atom stereocenters. The Morgan fingerprint density at radius 3 is 2.50 bits per heavy atom. The number of pyridine rings is 1. The Bertz CT molecular complexity index is 1110. The van der Waals surface area contributed by atoms with Crippen LogP contribution in [0.4, 0.5) is 5.82 Å². The molecule has 0 aromatic carbocycles. The van der Waals surface area contributed by atoms with Gasteiger partial charge in [0, 0.05) is 25.4 Å². The first-order valence-corrected chi connectivity index (χ1v) is 11.9. The van der Waals surface area contributed by atoms with Crippen molar-refractivity contribution in [1.29, 1.82) is 0 Å². The van der Waals surface area contributed by atoms with Gasteiger partial charge in [0.1, 0.15) is 17.6 Å². The van der Waals surface area contributed by atoms with E-state index < -0.39 is 6.04 Å². The summed E-state index contributed by atoms with van der Waals surface area (Å²) in [6.45, 7) is 4.41. The number of carbonyl (C=O) groups excluding carboxylic acids is 2. The van der Waals surface area contributed by atoms with Crippen LogP contribution in [0.1, 0.15) is 61.5 Å². The second-order valence-corrected chi connectivity index (χ2v) is 8.86. The molecule has 1 aliphatic rings. The summed E-state index contributed by atoms with van der Waals surface area (Å²) >= 11 is 0. The van der Waals surface area contributed by atoms with Gasteiger partial charge in [-0.05, 0) is 50.3 Å². The lowest BCUT2D eigenvalue weighted by Crippen LogP contribution is -2.49. The van der Waals surface area contributed by atoms with Crippen molar-refractivity contribution in [2.75, 3.05) is 5.32 Å². The summed E-state index contributed by atoms with van der Waals surface area (Å²) in [6.07, 6.45) is 11.2. The maximum Gasteiger partial charge on any atom is 0.271 e. The molecule has 1 fully saturated rings. The molecule has 4 rings (SSSR count). The molecule has 10 nitrogen and oxygen atoms in total. The third kappa shape index (κ3) is 5.16. The Labute approximate surface area is 199 Å². The first kappa shape index (κ1) is 23.6. The Morgan fingerprint density at radius 1 is 1.12 bits per heavy atom. The molecule has 10 heteroatoms. The quantitative estimate of drug-likeness (QED) is 0.519.